The van der Waals surface area contributed by atoms with Crippen LogP contribution in [0, 0.1) is 0 Å². The van der Waals surface area contributed by atoms with Crippen molar-refractivity contribution < 1.29 is 4.79 Å². The Morgan fingerprint density at radius 2 is 1.94 bits per heavy atom. The van der Waals surface area contributed by atoms with Crippen LogP contribution >= 0.6 is 15.9 Å². The molecule has 0 heterocycles. The monoisotopic (exact) mass is 296 g/mol. The molecule has 0 aromatic heterocycles. The van der Waals surface area contributed by atoms with Crippen LogP contribution in [0.15, 0.2) is 22.7 Å². The summed E-state index contributed by atoms with van der Waals surface area (Å²) in [6.07, 6.45) is 7.09. The zero-order chi connectivity index (χ0) is 12.1. The van der Waals surface area contributed by atoms with Crippen LogP contribution in [0.3, 0.4) is 0 Å². The highest BCUT2D eigenvalue weighted by atomic mass is 79.9. The second-order valence-corrected chi connectivity index (χ2v) is 5.35. The first-order valence-corrected chi connectivity index (χ1v) is 6.85. The Morgan fingerprint density at radius 1 is 1.18 bits per heavy atom. The Balaban J connectivity index is 2.10. The quantitative estimate of drug-likeness (QED) is 0.831. The molecule has 2 N–H and O–H groups in total. The molecule has 1 aliphatic carbocycles. The van der Waals surface area contributed by atoms with E-state index >= 15 is 0 Å². The number of carbonyl (C=O) groups is 1. The first-order chi connectivity index (χ1) is 8.29. The molecule has 17 heavy (non-hydrogen) atoms. The Labute approximate surface area is 110 Å². The van der Waals surface area contributed by atoms with Gasteiger partial charge in [0.15, 0.2) is 0 Å². The van der Waals surface area contributed by atoms with E-state index in [-0.39, 0.29) is 0 Å². The van der Waals surface area contributed by atoms with Crippen molar-refractivity contribution in [1.29, 1.82) is 0 Å². The molecular formula is C13H17BrN2O. The van der Waals surface area contributed by atoms with Crippen molar-refractivity contribution in [3.63, 3.8) is 0 Å². The number of halogens is 1. The lowest BCUT2D eigenvalue weighted by Crippen LogP contribution is -2.22. The normalized spacial score (nSPS) is 16.5. The van der Waals surface area contributed by atoms with E-state index in [1.54, 1.807) is 0 Å². The molecule has 1 fully saturated rings. The molecule has 0 bridgehead atoms. The van der Waals surface area contributed by atoms with Crippen molar-refractivity contribution in [1.82, 2.24) is 0 Å². The van der Waals surface area contributed by atoms with Crippen LogP contribution in [0.1, 0.15) is 32.1 Å². The van der Waals surface area contributed by atoms with Crippen molar-refractivity contribution >= 4 is 33.7 Å². The van der Waals surface area contributed by atoms with E-state index in [9.17, 15) is 4.79 Å². The average Bonchev–Trinajstić information content (AvgIpc) is 2.34. The molecule has 0 radical (unpaired) electrons. The minimum atomic E-state index is 0.539. The number of benzene rings is 1. The molecule has 0 saturated heterocycles. The number of hydrogen-bond donors (Lipinski definition) is 2. The van der Waals surface area contributed by atoms with Gasteiger partial charge in [-0.15, -0.1) is 0 Å². The topological polar surface area (TPSA) is 41.1 Å². The van der Waals surface area contributed by atoms with Gasteiger partial charge in [0.25, 0.3) is 0 Å². The smallest absolute Gasteiger partial charge is 0.211 e. The highest BCUT2D eigenvalue weighted by Crippen LogP contribution is 2.29. The van der Waals surface area contributed by atoms with E-state index in [1.807, 2.05) is 18.2 Å². The fourth-order valence-corrected chi connectivity index (χ4v) is 2.65. The standard InChI is InChI=1S/C13H17BrN2O/c14-10-6-7-12(13(8-10)15-9-17)16-11-4-2-1-3-5-11/h6-9,11,16H,1-5H2,(H,15,17). The molecule has 0 atom stereocenters. The van der Waals surface area contributed by atoms with Gasteiger partial charge in [-0.3, -0.25) is 4.79 Å². The molecule has 0 aliphatic heterocycles. The zero-order valence-electron chi connectivity index (χ0n) is 9.71. The van der Waals surface area contributed by atoms with Gasteiger partial charge in [0.2, 0.25) is 6.41 Å². The highest BCUT2D eigenvalue weighted by molar-refractivity contribution is 9.10. The summed E-state index contributed by atoms with van der Waals surface area (Å²) in [5.41, 5.74) is 1.84. The fraction of sp³-hybridized carbons (Fsp3) is 0.462. The lowest BCUT2D eigenvalue weighted by Gasteiger charge is -2.25. The number of nitrogens with one attached hydrogen (secondary N) is 2. The molecule has 1 amide bonds. The molecule has 1 saturated carbocycles. The van der Waals surface area contributed by atoms with E-state index < -0.39 is 0 Å². The molecule has 1 aliphatic rings. The van der Waals surface area contributed by atoms with Gasteiger partial charge in [0, 0.05) is 10.5 Å². The second-order valence-electron chi connectivity index (χ2n) is 4.43. The largest absolute Gasteiger partial charge is 0.381 e. The van der Waals surface area contributed by atoms with E-state index in [0.29, 0.717) is 12.5 Å². The van der Waals surface area contributed by atoms with Crippen molar-refractivity contribution in [2.75, 3.05) is 10.6 Å². The van der Waals surface area contributed by atoms with Crippen LogP contribution in [-0.2, 0) is 4.79 Å². The van der Waals surface area contributed by atoms with Crippen molar-refractivity contribution in [2.45, 2.75) is 38.1 Å². The summed E-state index contributed by atoms with van der Waals surface area (Å²) in [6.45, 7) is 0. The maximum atomic E-state index is 10.6. The summed E-state index contributed by atoms with van der Waals surface area (Å²) in [7, 11) is 0. The van der Waals surface area contributed by atoms with Crippen LogP contribution in [0.4, 0.5) is 11.4 Å². The molecule has 2 rings (SSSR count). The van der Waals surface area contributed by atoms with Gasteiger partial charge in [-0.2, -0.15) is 0 Å². The summed E-state index contributed by atoms with van der Waals surface area (Å²) in [6, 6.07) is 6.45. The SMILES string of the molecule is O=CNc1cc(Br)ccc1NC1CCCCC1. The number of amides is 1. The van der Waals surface area contributed by atoms with Gasteiger partial charge < -0.3 is 10.6 Å². The van der Waals surface area contributed by atoms with Gasteiger partial charge in [-0.05, 0) is 31.0 Å². The van der Waals surface area contributed by atoms with Gasteiger partial charge in [-0.1, -0.05) is 35.2 Å². The van der Waals surface area contributed by atoms with E-state index in [4.69, 9.17) is 0 Å². The molecule has 3 nitrogen and oxygen atoms in total. The van der Waals surface area contributed by atoms with Crippen LogP contribution in [0.5, 0.6) is 0 Å². The average molecular weight is 297 g/mol. The van der Waals surface area contributed by atoms with Gasteiger partial charge >= 0.3 is 0 Å². The Kier molecular flexibility index (Phi) is 4.42. The van der Waals surface area contributed by atoms with Gasteiger partial charge in [0.05, 0.1) is 11.4 Å². The van der Waals surface area contributed by atoms with Crippen LogP contribution in [0.25, 0.3) is 0 Å². The number of rotatable bonds is 4. The third-order valence-corrected chi connectivity index (χ3v) is 3.65. The molecule has 0 spiro atoms. The predicted octanol–water partition coefficient (Wildman–Crippen LogP) is 3.76. The molecule has 1 aromatic rings. The first kappa shape index (κ1) is 12.4. The van der Waals surface area contributed by atoms with Crippen molar-refractivity contribution in [3.8, 4) is 0 Å². The van der Waals surface area contributed by atoms with Gasteiger partial charge in [0.1, 0.15) is 0 Å². The summed E-state index contributed by atoms with van der Waals surface area (Å²) < 4.78 is 0.969. The Bertz CT molecular complexity index is 389. The number of anilines is 2. The van der Waals surface area contributed by atoms with Crippen LogP contribution in [0.2, 0.25) is 0 Å². The summed E-state index contributed by atoms with van der Waals surface area (Å²) in [5, 5.41) is 6.25. The van der Waals surface area contributed by atoms with Crippen molar-refractivity contribution in [2.24, 2.45) is 0 Å². The maximum absolute atomic E-state index is 10.6. The summed E-state index contributed by atoms with van der Waals surface area (Å²) in [5.74, 6) is 0. The maximum Gasteiger partial charge on any atom is 0.211 e. The van der Waals surface area contributed by atoms with E-state index in [0.717, 1.165) is 15.8 Å². The zero-order valence-corrected chi connectivity index (χ0v) is 11.3. The highest BCUT2D eigenvalue weighted by Gasteiger charge is 2.14. The van der Waals surface area contributed by atoms with Crippen LogP contribution in [-0.4, -0.2) is 12.5 Å². The minimum absolute atomic E-state index is 0.539. The van der Waals surface area contributed by atoms with E-state index in [1.165, 1.54) is 32.1 Å². The predicted molar refractivity (Wildman–Crippen MR) is 74.3 cm³/mol. The lowest BCUT2D eigenvalue weighted by atomic mass is 9.95. The summed E-state index contributed by atoms with van der Waals surface area (Å²) >= 11 is 3.41. The third kappa shape index (κ3) is 3.46. The molecular weight excluding hydrogens is 280 g/mol. The third-order valence-electron chi connectivity index (χ3n) is 3.16. The molecule has 0 unspecified atom stereocenters. The second kappa shape index (κ2) is 6.05. The minimum Gasteiger partial charge on any atom is -0.381 e. The Hall–Kier alpha value is -1.03. The summed E-state index contributed by atoms with van der Waals surface area (Å²) in [4.78, 5) is 10.6. The molecule has 92 valence electrons. The Morgan fingerprint density at radius 3 is 2.65 bits per heavy atom. The van der Waals surface area contributed by atoms with E-state index in [2.05, 4.69) is 26.6 Å². The first-order valence-electron chi connectivity index (χ1n) is 6.06. The van der Waals surface area contributed by atoms with Crippen molar-refractivity contribution in [3.05, 3.63) is 22.7 Å². The number of hydrogen-bond acceptors (Lipinski definition) is 2. The van der Waals surface area contributed by atoms with Gasteiger partial charge in [-0.25, -0.2) is 0 Å². The number of carbonyl (C=O) groups excluding carboxylic acids is 1. The lowest BCUT2D eigenvalue weighted by molar-refractivity contribution is -0.105. The molecule has 4 heteroatoms. The van der Waals surface area contributed by atoms with Crippen LogP contribution < -0.4 is 10.6 Å². The fourth-order valence-electron chi connectivity index (χ4n) is 2.29. The molecule has 1 aromatic carbocycles.